The number of hydrogen-bond acceptors (Lipinski definition) is 4. The number of benzene rings is 1. The Hall–Kier alpha value is -2.08. The zero-order valence-electron chi connectivity index (χ0n) is 9.26. The van der Waals surface area contributed by atoms with Crippen LogP contribution in [0.4, 0.5) is 5.69 Å². The van der Waals surface area contributed by atoms with E-state index >= 15 is 0 Å². The second kappa shape index (κ2) is 5.05. The van der Waals surface area contributed by atoms with Crippen molar-refractivity contribution in [3.63, 3.8) is 0 Å². The average Bonchev–Trinajstić information content (AvgIpc) is 2.34. The predicted octanol–water partition coefficient (Wildman–Crippen LogP) is 2.32. The van der Waals surface area contributed by atoms with Crippen LogP contribution < -0.4 is 16.2 Å². The molecule has 0 atom stereocenters. The van der Waals surface area contributed by atoms with Gasteiger partial charge < -0.3 is 16.2 Å². The van der Waals surface area contributed by atoms with Gasteiger partial charge in [-0.2, -0.15) is 0 Å². The van der Waals surface area contributed by atoms with E-state index < -0.39 is 5.91 Å². The van der Waals surface area contributed by atoms with Gasteiger partial charge in [0.15, 0.2) is 0 Å². The number of rotatable bonds is 3. The Morgan fingerprint density at radius 1 is 1.28 bits per heavy atom. The fourth-order valence-corrected chi connectivity index (χ4v) is 1.66. The minimum absolute atomic E-state index is 0.146. The Labute approximate surface area is 112 Å². The molecule has 0 bridgehead atoms. The van der Waals surface area contributed by atoms with Crippen molar-refractivity contribution in [3.05, 3.63) is 46.7 Å². The van der Waals surface area contributed by atoms with E-state index in [1.54, 1.807) is 24.3 Å². The summed E-state index contributed by atoms with van der Waals surface area (Å²) in [4.78, 5) is 14.8. The number of amides is 1. The van der Waals surface area contributed by atoms with Crippen LogP contribution in [0.25, 0.3) is 0 Å². The van der Waals surface area contributed by atoms with Crippen molar-refractivity contribution < 1.29 is 9.53 Å². The van der Waals surface area contributed by atoms with Crippen LogP contribution in [-0.4, -0.2) is 10.9 Å². The molecule has 0 fully saturated rings. The molecule has 1 heterocycles. The van der Waals surface area contributed by atoms with E-state index in [0.29, 0.717) is 17.2 Å². The van der Waals surface area contributed by atoms with Gasteiger partial charge in [-0.1, -0.05) is 0 Å². The molecule has 0 aliphatic heterocycles. The van der Waals surface area contributed by atoms with Gasteiger partial charge in [0.25, 0.3) is 5.91 Å². The molecule has 4 N–H and O–H groups in total. The third kappa shape index (κ3) is 2.78. The topological polar surface area (TPSA) is 91.2 Å². The normalized spacial score (nSPS) is 10.1. The monoisotopic (exact) mass is 307 g/mol. The van der Waals surface area contributed by atoms with Gasteiger partial charge in [-0.25, -0.2) is 0 Å². The highest BCUT2D eigenvalue weighted by atomic mass is 79.9. The number of nitrogens with two attached hydrogens (primary N) is 2. The minimum Gasteiger partial charge on any atom is -0.456 e. The lowest BCUT2D eigenvalue weighted by Crippen LogP contribution is -2.12. The molecular formula is C12H10BrN3O2. The predicted molar refractivity (Wildman–Crippen MR) is 71.4 cm³/mol. The molecule has 2 rings (SSSR count). The molecule has 0 aliphatic rings. The van der Waals surface area contributed by atoms with Gasteiger partial charge in [-0.15, -0.1) is 0 Å². The van der Waals surface area contributed by atoms with Gasteiger partial charge in [-0.3, -0.25) is 9.78 Å². The van der Waals surface area contributed by atoms with E-state index in [-0.39, 0.29) is 5.69 Å². The van der Waals surface area contributed by atoms with Gasteiger partial charge in [0.2, 0.25) is 0 Å². The average molecular weight is 308 g/mol. The molecule has 18 heavy (non-hydrogen) atoms. The molecule has 1 aromatic carbocycles. The lowest BCUT2D eigenvalue weighted by atomic mass is 10.3. The van der Waals surface area contributed by atoms with Gasteiger partial charge in [0.05, 0.1) is 4.47 Å². The van der Waals surface area contributed by atoms with Crippen LogP contribution in [0, 0.1) is 0 Å². The van der Waals surface area contributed by atoms with Crippen LogP contribution in [0.1, 0.15) is 10.5 Å². The number of carbonyl (C=O) groups excluding carboxylic acids is 1. The molecule has 0 unspecified atom stereocenters. The highest BCUT2D eigenvalue weighted by Gasteiger charge is 2.07. The summed E-state index contributed by atoms with van der Waals surface area (Å²) >= 11 is 3.35. The maximum absolute atomic E-state index is 11.0. The maximum Gasteiger partial charge on any atom is 0.267 e. The zero-order chi connectivity index (χ0) is 13.1. The van der Waals surface area contributed by atoms with Crippen molar-refractivity contribution in [3.8, 4) is 11.5 Å². The molecule has 1 amide bonds. The van der Waals surface area contributed by atoms with Crippen LogP contribution in [-0.2, 0) is 0 Å². The smallest absolute Gasteiger partial charge is 0.267 e. The third-order valence-corrected chi connectivity index (χ3v) is 2.82. The largest absolute Gasteiger partial charge is 0.456 e. The first-order chi connectivity index (χ1) is 8.56. The molecule has 6 heteroatoms. The molecule has 0 radical (unpaired) electrons. The van der Waals surface area contributed by atoms with E-state index in [9.17, 15) is 4.79 Å². The molecule has 92 valence electrons. The lowest BCUT2D eigenvalue weighted by Gasteiger charge is -2.08. The molecule has 0 spiro atoms. The number of anilines is 1. The second-order valence-electron chi connectivity index (χ2n) is 3.53. The summed E-state index contributed by atoms with van der Waals surface area (Å²) in [6.07, 6.45) is 1.45. The summed E-state index contributed by atoms with van der Waals surface area (Å²) < 4.78 is 6.36. The standard InChI is InChI=1S/C12H10BrN3O2/c13-9-2-1-7(14)5-11(9)18-8-3-4-16-10(6-8)12(15)17/h1-6H,14H2,(H2,15,17). The Kier molecular flexibility index (Phi) is 3.47. The van der Waals surface area contributed by atoms with E-state index in [1.807, 2.05) is 0 Å². The number of halogens is 1. The number of hydrogen-bond donors (Lipinski definition) is 2. The SMILES string of the molecule is NC(=O)c1cc(Oc2cc(N)ccc2Br)ccn1. The quantitative estimate of drug-likeness (QED) is 0.851. The zero-order valence-corrected chi connectivity index (χ0v) is 10.8. The van der Waals surface area contributed by atoms with Crippen LogP contribution in [0.5, 0.6) is 11.5 Å². The van der Waals surface area contributed by atoms with Crippen molar-refractivity contribution in [1.29, 1.82) is 0 Å². The summed E-state index contributed by atoms with van der Waals surface area (Å²) in [7, 11) is 0. The Morgan fingerprint density at radius 2 is 2.06 bits per heavy atom. The summed E-state index contributed by atoms with van der Waals surface area (Å²) in [5.74, 6) is 0.411. The van der Waals surface area contributed by atoms with Gasteiger partial charge >= 0.3 is 0 Å². The third-order valence-electron chi connectivity index (χ3n) is 2.17. The van der Waals surface area contributed by atoms with Gasteiger partial charge in [0.1, 0.15) is 17.2 Å². The number of nitrogens with zero attached hydrogens (tertiary/aromatic N) is 1. The molecule has 5 nitrogen and oxygen atoms in total. The Bertz CT molecular complexity index is 602. The van der Waals surface area contributed by atoms with E-state index in [1.165, 1.54) is 12.3 Å². The first kappa shape index (κ1) is 12.4. The van der Waals surface area contributed by atoms with Crippen LogP contribution in [0.15, 0.2) is 41.0 Å². The Balaban J connectivity index is 2.31. The lowest BCUT2D eigenvalue weighted by molar-refractivity contribution is 0.0995. The van der Waals surface area contributed by atoms with Crippen molar-refractivity contribution in [1.82, 2.24) is 4.98 Å². The van der Waals surface area contributed by atoms with Gasteiger partial charge in [-0.05, 0) is 34.1 Å². The minimum atomic E-state index is -0.605. The van der Waals surface area contributed by atoms with Crippen molar-refractivity contribution >= 4 is 27.5 Å². The van der Waals surface area contributed by atoms with Crippen molar-refractivity contribution in [2.45, 2.75) is 0 Å². The first-order valence-corrected chi connectivity index (χ1v) is 5.84. The number of carbonyl (C=O) groups is 1. The number of primary amides is 1. The fraction of sp³-hybridized carbons (Fsp3) is 0. The highest BCUT2D eigenvalue weighted by Crippen LogP contribution is 2.31. The summed E-state index contributed by atoms with van der Waals surface area (Å²) in [5, 5.41) is 0. The second-order valence-corrected chi connectivity index (χ2v) is 4.39. The van der Waals surface area contributed by atoms with E-state index in [4.69, 9.17) is 16.2 Å². The summed E-state index contributed by atoms with van der Waals surface area (Å²) in [6.45, 7) is 0. The van der Waals surface area contributed by atoms with E-state index in [0.717, 1.165) is 4.47 Å². The number of aromatic nitrogens is 1. The summed E-state index contributed by atoms with van der Waals surface area (Å²) in [5.41, 5.74) is 11.5. The van der Waals surface area contributed by atoms with Crippen molar-refractivity contribution in [2.75, 3.05) is 5.73 Å². The summed E-state index contributed by atoms with van der Waals surface area (Å²) in [6, 6.07) is 8.30. The molecule has 0 saturated heterocycles. The van der Waals surface area contributed by atoms with Crippen LogP contribution >= 0.6 is 15.9 Å². The van der Waals surface area contributed by atoms with Crippen LogP contribution in [0.3, 0.4) is 0 Å². The number of ether oxygens (including phenoxy) is 1. The van der Waals surface area contributed by atoms with Gasteiger partial charge in [0, 0.05) is 24.0 Å². The number of pyridine rings is 1. The molecule has 1 aromatic heterocycles. The molecule has 2 aromatic rings. The molecule has 0 saturated carbocycles. The highest BCUT2D eigenvalue weighted by molar-refractivity contribution is 9.10. The fourth-order valence-electron chi connectivity index (χ4n) is 1.33. The number of nitrogen functional groups attached to an aromatic ring is 1. The molecule has 0 aliphatic carbocycles. The van der Waals surface area contributed by atoms with Crippen LogP contribution in [0.2, 0.25) is 0 Å². The van der Waals surface area contributed by atoms with E-state index in [2.05, 4.69) is 20.9 Å². The van der Waals surface area contributed by atoms with Crippen molar-refractivity contribution in [2.24, 2.45) is 5.73 Å². The Morgan fingerprint density at radius 3 is 2.78 bits per heavy atom. The molecular weight excluding hydrogens is 298 g/mol. The maximum atomic E-state index is 11.0. The first-order valence-electron chi connectivity index (χ1n) is 5.05.